The van der Waals surface area contributed by atoms with Gasteiger partial charge in [0.15, 0.2) is 0 Å². The van der Waals surface area contributed by atoms with Crippen molar-refractivity contribution >= 4 is 5.91 Å². The van der Waals surface area contributed by atoms with Crippen LogP contribution in [0.4, 0.5) is 0 Å². The number of amides is 1. The second-order valence-corrected chi connectivity index (χ2v) is 7.90. The predicted octanol–water partition coefficient (Wildman–Crippen LogP) is 2.95. The predicted molar refractivity (Wildman–Crippen MR) is 107 cm³/mol. The molecule has 0 aromatic heterocycles. The van der Waals surface area contributed by atoms with Crippen molar-refractivity contribution in [2.75, 3.05) is 0 Å². The number of hydrogen-bond donors (Lipinski definition) is 3. The van der Waals surface area contributed by atoms with Crippen LogP contribution in [0.25, 0.3) is 0 Å². The van der Waals surface area contributed by atoms with Crippen LogP contribution in [0.1, 0.15) is 62.3 Å². The van der Waals surface area contributed by atoms with Gasteiger partial charge in [-0.05, 0) is 50.7 Å². The summed E-state index contributed by atoms with van der Waals surface area (Å²) in [5, 5.41) is 13.9. The molecule has 0 heterocycles. The molecular weight excluding hydrogens is 338 g/mol. The van der Waals surface area contributed by atoms with Crippen LogP contribution >= 0.6 is 0 Å². The van der Waals surface area contributed by atoms with Crippen LogP contribution in [0.2, 0.25) is 0 Å². The van der Waals surface area contributed by atoms with Gasteiger partial charge in [0, 0.05) is 18.9 Å². The lowest BCUT2D eigenvalue weighted by Gasteiger charge is -2.32. The highest BCUT2D eigenvalue weighted by atomic mass is 16.1. The van der Waals surface area contributed by atoms with E-state index in [0.717, 1.165) is 44.1 Å². The average molecular weight is 370 g/mol. The van der Waals surface area contributed by atoms with Gasteiger partial charge in [0.1, 0.15) is 5.54 Å². The van der Waals surface area contributed by atoms with Crippen LogP contribution in [0.15, 0.2) is 36.2 Å². The van der Waals surface area contributed by atoms with E-state index in [1.165, 1.54) is 11.4 Å². The fraction of sp³-hybridized carbons (Fsp3) is 0.524. The van der Waals surface area contributed by atoms with Crippen LogP contribution in [-0.4, -0.2) is 22.5 Å². The monoisotopic (exact) mass is 369 g/mol. The number of benzene rings is 1. The number of nitrogens with two attached hydrogens (primary N) is 2. The van der Waals surface area contributed by atoms with Gasteiger partial charge in [-0.1, -0.05) is 37.0 Å². The minimum Gasteiger partial charge on any atom is -0.399 e. The average Bonchev–Trinajstić information content (AvgIpc) is 3.48. The maximum Gasteiger partial charge on any atom is 0.251 e. The van der Waals surface area contributed by atoms with Gasteiger partial charge < -0.3 is 11.1 Å². The van der Waals surface area contributed by atoms with Crippen LogP contribution in [0.3, 0.4) is 0 Å². The lowest BCUT2D eigenvalue weighted by Crippen LogP contribution is -2.46. The van der Waals surface area contributed by atoms with Gasteiger partial charge >= 0.3 is 0 Å². The SMILES string of the molecule is Cc1cccc(C(=O)N[C@H](/C(N)=C/N(N)C2(C#N)CC2)C2CCCCC2)c1.[HH]. The van der Waals surface area contributed by atoms with Crippen molar-refractivity contribution in [3.63, 3.8) is 0 Å². The number of hydrogen-bond acceptors (Lipinski definition) is 5. The summed E-state index contributed by atoms with van der Waals surface area (Å²) in [6, 6.07) is 9.51. The maximum absolute atomic E-state index is 12.8. The largest absolute Gasteiger partial charge is 0.399 e. The van der Waals surface area contributed by atoms with Gasteiger partial charge in [0.2, 0.25) is 0 Å². The van der Waals surface area contributed by atoms with E-state index in [2.05, 4.69) is 11.4 Å². The Balaban J connectivity index is 0.00000280. The highest BCUT2D eigenvalue weighted by Crippen LogP contribution is 2.39. The molecule has 0 saturated heterocycles. The third kappa shape index (κ3) is 4.42. The molecule has 0 unspecified atom stereocenters. The molecule has 2 aliphatic carbocycles. The summed E-state index contributed by atoms with van der Waals surface area (Å²) in [7, 11) is 0. The highest BCUT2D eigenvalue weighted by Gasteiger charge is 2.47. The van der Waals surface area contributed by atoms with E-state index >= 15 is 0 Å². The van der Waals surface area contributed by atoms with Crippen LogP contribution < -0.4 is 16.9 Å². The van der Waals surface area contributed by atoms with Gasteiger partial charge in [-0.2, -0.15) is 5.26 Å². The standard InChI is InChI=1S/C21H29N5O.H2/c1-15-6-5-9-17(12-15)20(27)25-19(16-7-3-2-4-8-16)18(23)13-26(24)21(14-22)10-11-21;/h5-6,9,12-13,16,19H,2-4,7-8,10-11,23-24H2,1H3,(H,25,27);1H/b18-13-;/t19-;/m0./s1. The second kappa shape index (κ2) is 8.01. The Kier molecular flexibility index (Phi) is 5.71. The summed E-state index contributed by atoms with van der Waals surface area (Å²) in [6.07, 6.45) is 8.70. The number of nitriles is 1. The maximum atomic E-state index is 12.8. The number of rotatable bonds is 6. The van der Waals surface area contributed by atoms with Crippen molar-refractivity contribution in [2.24, 2.45) is 17.5 Å². The molecule has 1 atom stereocenters. The number of nitrogens with one attached hydrogen (secondary N) is 1. The lowest BCUT2D eigenvalue weighted by atomic mass is 9.82. The van der Waals surface area contributed by atoms with Crippen LogP contribution in [0, 0.1) is 24.2 Å². The number of carbonyl (C=O) groups is 1. The summed E-state index contributed by atoms with van der Waals surface area (Å²) in [4.78, 5) is 12.8. The summed E-state index contributed by atoms with van der Waals surface area (Å²) >= 11 is 0. The summed E-state index contributed by atoms with van der Waals surface area (Å²) in [6.45, 7) is 1.97. The van der Waals surface area contributed by atoms with E-state index in [0.29, 0.717) is 11.3 Å². The summed E-state index contributed by atoms with van der Waals surface area (Å²) < 4.78 is 0. The highest BCUT2D eigenvalue weighted by molar-refractivity contribution is 5.94. The Bertz CT molecular complexity index is 762. The first-order valence-electron chi connectivity index (χ1n) is 9.75. The van der Waals surface area contributed by atoms with E-state index in [4.69, 9.17) is 11.6 Å². The van der Waals surface area contributed by atoms with E-state index in [1.807, 2.05) is 31.2 Å². The Hall–Kier alpha value is -2.52. The zero-order chi connectivity index (χ0) is 19.4. The van der Waals surface area contributed by atoms with Crippen LogP contribution in [-0.2, 0) is 0 Å². The van der Waals surface area contributed by atoms with E-state index < -0.39 is 5.54 Å². The van der Waals surface area contributed by atoms with E-state index in [9.17, 15) is 10.1 Å². The van der Waals surface area contributed by atoms with Gasteiger partial charge in [-0.25, -0.2) is 5.84 Å². The molecule has 6 nitrogen and oxygen atoms in total. The number of carbonyl (C=O) groups excluding carboxylic acids is 1. The van der Waals surface area contributed by atoms with Crippen LogP contribution in [0.5, 0.6) is 0 Å². The fourth-order valence-corrected chi connectivity index (χ4v) is 3.86. The Labute approximate surface area is 162 Å². The quantitative estimate of drug-likeness (QED) is 0.528. The molecule has 3 rings (SSSR count). The molecule has 0 bridgehead atoms. The van der Waals surface area contributed by atoms with Crippen molar-refractivity contribution in [1.82, 2.24) is 10.3 Å². The molecular formula is C21H31N5O. The van der Waals surface area contributed by atoms with Gasteiger partial charge in [-0.15, -0.1) is 0 Å². The first kappa shape index (κ1) is 19.2. The van der Waals surface area contributed by atoms with Crippen molar-refractivity contribution in [2.45, 2.75) is 63.5 Å². The Morgan fingerprint density at radius 3 is 2.70 bits per heavy atom. The molecule has 146 valence electrons. The zero-order valence-electron chi connectivity index (χ0n) is 15.9. The number of hydrazine groups is 1. The topological polar surface area (TPSA) is 108 Å². The Morgan fingerprint density at radius 2 is 2.11 bits per heavy atom. The lowest BCUT2D eigenvalue weighted by molar-refractivity contribution is 0.0922. The number of nitrogens with zero attached hydrogens (tertiary/aromatic N) is 2. The molecule has 1 amide bonds. The van der Waals surface area contributed by atoms with Gasteiger partial charge in [-0.3, -0.25) is 9.80 Å². The molecule has 2 saturated carbocycles. The van der Waals surface area contributed by atoms with Crippen molar-refractivity contribution in [1.29, 1.82) is 5.26 Å². The third-order valence-electron chi connectivity index (χ3n) is 5.76. The molecule has 0 spiro atoms. The van der Waals surface area contributed by atoms with Crippen molar-refractivity contribution in [3.05, 3.63) is 47.3 Å². The molecule has 2 fully saturated rings. The molecule has 6 heteroatoms. The summed E-state index contributed by atoms with van der Waals surface area (Å²) in [5.74, 6) is 6.25. The van der Waals surface area contributed by atoms with Crippen molar-refractivity contribution in [3.8, 4) is 6.07 Å². The van der Waals surface area contributed by atoms with Gasteiger partial charge in [0.25, 0.3) is 5.91 Å². The first-order valence-corrected chi connectivity index (χ1v) is 9.75. The molecule has 0 radical (unpaired) electrons. The third-order valence-corrected chi connectivity index (χ3v) is 5.76. The minimum atomic E-state index is -0.637. The minimum absolute atomic E-state index is 0. The number of aryl methyl sites for hydroxylation is 1. The first-order chi connectivity index (χ1) is 12.9. The Morgan fingerprint density at radius 1 is 1.41 bits per heavy atom. The molecule has 5 N–H and O–H groups in total. The molecule has 27 heavy (non-hydrogen) atoms. The van der Waals surface area contributed by atoms with Crippen molar-refractivity contribution < 1.29 is 6.22 Å². The zero-order valence-corrected chi connectivity index (χ0v) is 15.9. The van der Waals surface area contributed by atoms with E-state index in [-0.39, 0.29) is 19.3 Å². The summed E-state index contributed by atoms with van der Waals surface area (Å²) in [5.41, 5.74) is 7.95. The van der Waals surface area contributed by atoms with Gasteiger partial charge in [0.05, 0.1) is 12.1 Å². The smallest absolute Gasteiger partial charge is 0.251 e. The molecule has 0 aliphatic heterocycles. The fourth-order valence-electron chi connectivity index (χ4n) is 3.86. The second-order valence-electron chi connectivity index (χ2n) is 7.90. The molecule has 1 aromatic rings. The molecule has 2 aliphatic rings. The molecule has 1 aromatic carbocycles. The normalized spacial score (nSPS) is 20.4. The van der Waals surface area contributed by atoms with E-state index in [1.54, 1.807) is 6.20 Å².